The highest BCUT2D eigenvalue weighted by molar-refractivity contribution is 5.87. The zero-order chi connectivity index (χ0) is 41.5. The third-order valence-corrected chi connectivity index (χ3v) is 12.6. The zero-order valence-corrected chi connectivity index (χ0v) is 34.6. The number of allylic oxidation sites excluding steroid dienone is 2. The standard InChI is InChI=1S/C45H54N8O6/c1-24(2)38(50-44(56)58-5)42(54)52-19-7-9-34(52)40-46-22-32(48-40)27-13-11-26(12-14-27)30-17-18-31(37-29-16-15-28(21-29)36(30)37)33-23-47-41(49-33)35-10-8-20-53(35)43(55)39(25(3)4)51-45(57)59-6/h11-18,22-25,28-29,34-35,38-39H,7-10,19-21H2,1-6H3,(H,46,48)(H,47,49)(H,50,56)(H,51,57)/t28?,29?,34-,35-,38-,39?/m0/s1. The predicted octanol–water partition coefficient (Wildman–Crippen LogP) is 7.36. The fraction of sp³-hybridized carbons (Fsp3) is 0.467. The summed E-state index contributed by atoms with van der Waals surface area (Å²) in [6.45, 7) is 8.84. The van der Waals surface area contributed by atoms with Crippen LogP contribution in [-0.2, 0) is 19.1 Å². The lowest BCUT2D eigenvalue weighted by atomic mass is 9.85. The minimum Gasteiger partial charge on any atom is -0.453 e. The van der Waals surface area contributed by atoms with E-state index in [2.05, 4.69) is 69.2 Å². The number of hydrogen-bond donors (Lipinski definition) is 4. The number of hydrogen-bond acceptors (Lipinski definition) is 8. The summed E-state index contributed by atoms with van der Waals surface area (Å²) < 4.78 is 9.58. The Labute approximate surface area is 344 Å². The van der Waals surface area contributed by atoms with Gasteiger partial charge in [-0.1, -0.05) is 76.2 Å². The average molecular weight is 803 g/mol. The van der Waals surface area contributed by atoms with Gasteiger partial charge in [-0.2, -0.15) is 0 Å². The Balaban J connectivity index is 1.01. The molecule has 4 amide bonds. The molecule has 14 nitrogen and oxygen atoms in total. The van der Waals surface area contributed by atoms with E-state index >= 15 is 0 Å². The highest BCUT2D eigenvalue weighted by Gasteiger charge is 2.40. The number of aromatic amines is 2. The van der Waals surface area contributed by atoms with E-state index in [1.807, 2.05) is 49.9 Å². The lowest BCUT2D eigenvalue weighted by molar-refractivity contribution is -0.136. The van der Waals surface area contributed by atoms with Crippen LogP contribution < -0.4 is 10.6 Å². The average Bonchev–Trinajstić information content (AvgIpc) is 4.10. The highest BCUT2D eigenvalue weighted by Crippen LogP contribution is 2.55. The van der Waals surface area contributed by atoms with Gasteiger partial charge in [0.25, 0.3) is 0 Å². The maximum Gasteiger partial charge on any atom is 0.407 e. The van der Waals surface area contributed by atoms with E-state index in [4.69, 9.17) is 19.4 Å². The van der Waals surface area contributed by atoms with Gasteiger partial charge in [0.05, 0.1) is 50.1 Å². The van der Waals surface area contributed by atoms with E-state index in [0.717, 1.165) is 71.8 Å². The summed E-state index contributed by atoms with van der Waals surface area (Å²) in [5, 5.41) is 5.44. The minimum atomic E-state index is -0.691. The van der Waals surface area contributed by atoms with Crippen molar-refractivity contribution in [1.82, 2.24) is 40.4 Å². The number of carbonyl (C=O) groups excluding carboxylic acids is 4. The number of imidazole rings is 2. The molecule has 4 heterocycles. The smallest absolute Gasteiger partial charge is 0.407 e. The number of ether oxygens (including phenoxy) is 2. The van der Waals surface area contributed by atoms with Crippen molar-refractivity contribution in [3.05, 3.63) is 83.7 Å². The van der Waals surface area contributed by atoms with Gasteiger partial charge >= 0.3 is 12.2 Å². The SMILES string of the molecule is COC(=O)NC(C(=O)N1CCC[C@H]1c1ncc(-c2ccc(-c3ccc(-c4cnc([C@@H]5CCCN5C(=O)[C@@H](NC(=O)OC)C(C)C)[nH]4)cc3)c3c2C2C=CC3C2)[nH]1)C(C)C. The van der Waals surface area contributed by atoms with Gasteiger partial charge in [0.2, 0.25) is 11.8 Å². The number of H-pyrrole nitrogens is 2. The molecule has 4 N–H and O–H groups in total. The normalized spacial score (nSPS) is 21.6. The first kappa shape index (κ1) is 39.9. The molecular formula is C45H54N8O6. The van der Waals surface area contributed by atoms with Gasteiger partial charge in [0.1, 0.15) is 23.7 Å². The summed E-state index contributed by atoms with van der Waals surface area (Å²) >= 11 is 0. The molecular weight excluding hydrogens is 749 g/mol. The molecule has 6 atom stereocenters. The summed E-state index contributed by atoms with van der Waals surface area (Å²) in [6.07, 6.45) is 11.5. The van der Waals surface area contributed by atoms with Crippen LogP contribution in [0.1, 0.15) is 106 Å². The first-order chi connectivity index (χ1) is 28.5. The van der Waals surface area contributed by atoms with Gasteiger partial charge < -0.3 is 39.9 Å². The number of aromatic nitrogens is 4. The van der Waals surface area contributed by atoms with E-state index in [1.165, 1.54) is 30.9 Å². The molecule has 310 valence electrons. The number of likely N-dealkylation sites (tertiary alicyclic amines) is 2. The molecule has 2 bridgehead atoms. The van der Waals surface area contributed by atoms with Crippen LogP contribution in [0.2, 0.25) is 0 Å². The molecule has 0 saturated carbocycles. The van der Waals surface area contributed by atoms with E-state index in [-0.39, 0.29) is 35.7 Å². The summed E-state index contributed by atoms with van der Waals surface area (Å²) in [6, 6.07) is 11.2. The van der Waals surface area contributed by atoms with Gasteiger partial charge in [-0.25, -0.2) is 19.6 Å². The number of amides is 4. The Bertz CT molecular complexity index is 2260. The van der Waals surface area contributed by atoms with Gasteiger partial charge in [0.15, 0.2) is 0 Å². The van der Waals surface area contributed by atoms with Gasteiger partial charge in [-0.05, 0) is 71.8 Å². The summed E-state index contributed by atoms with van der Waals surface area (Å²) in [4.78, 5) is 71.8. The van der Waals surface area contributed by atoms with Gasteiger partial charge in [-0.3, -0.25) is 9.59 Å². The van der Waals surface area contributed by atoms with Crippen molar-refractivity contribution in [2.75, 3.05) is 27.3 Å². The third kappa shape index (κ3) is 7.49. The van der Waals surface area contributed by atoms with E-state index in [0.29, 0.717) is 24.9 Å². The first-order valence-corrected chi connectivity index (χ1v) is 20.8. The second-order valence-corrected chi connectivity index (χ2v) is 16.9. The molecule has 2 saturated heterocycles. The minimum absolute atomic E-state index is 0.107. The number of alkyl carbamates (subject to hydrolysis) is 2. The lowest BCUT2D eigenvalue weighted by Gasteiger charge is -2.30. The molecule has 2 aromatic heterocycles. The van der Waals surface area contributed by atoms with Crippen LogP contribution in [0, 0.1) is 11.8 Å². The highest BCUT2D eigenvalue weighted by atomic mass is 16.5. The number of methoxy groups -OCH3 is 2. The largest absolute Gasteiger partial charge is 0.453 e. The quantitative estimate of drug-likeness (QED) is 0.114. The maximum atomic E-state index is 13.8. The molecule has 2 aliphatic carbocycles. The maximum absolute atomic E-state index is 13.8. The number of carbonyl (C=O) groups is 4. The first-order valence-electron chi connectivity index (χ1n) is 20.8. The van der Waals surface area contributed by atoms with E-state index in [9.17, 15) is 19.2 Å². The molecule has 4 aromatic rings. The van der Waals surface area contributed by atoms with E-state index < -0.39 is 24.3 Å². The summed E-state index contributed by atoms with van der Waals surface area (Å²) in [7, 11) is 2.60. The Morgan fingerprint density at radius 2 is 1.12 bits per heavy atom. The predicted molar refractivity (Wildman–Crippen MR) is 222 cm³/mol. The number of rotatable bonds is 11. The van der Waals surface area contributed by atoms with Crippen LogP contribution in [0.3, 0.4) is 0 Å². The molecule has 0 spiro atoms. The van der Waals surface area contributed by atoms with Crippen LogP contribution in [0.4, 0.5) is 9.59 Å². The molecule has 2 aliphatic heterocycles. The summed E-state index contributed by atoms with van der Waals surface area (Å²) in [5.41, 5.74) is 8.95. The van der Waals surface area contributed by atoms with Crippen LogP contribution in [0.5, 0.6) is 0 Å². The van der Waals surface area contributed by atoms with Crippen LogP contribution in [0.15, 0.2) is 60.9 Å². The van der Waals surface area contributed by atoms with E-state index in [1.54, 1.807) is 0 Å². The second kappa shape index (κ2) is 16.4. The lowest BCUT2D eigenvalue weighted by Crippen LogP contribution is -2.51. The van der Waals surface area contributed by atoms with Crippen molar-refractivity contribution in [2.24, 2.45) is 11.8 Å². The van der Waals surface area contributed by atoms with Crippen molar-refractivity contribution >= 4 is 24.0 Å². The van der Waals surface area contributed by atoms with Crippen LogP contribution in [0.25, 0.3) is 33.6 Å². The number of fused-ring (bicyclic) bond motifs is 5. The van der Waals surface area contributed by atoms with Gasteiger partial charge in [-0.15, -0.1) is 0 Å². The second-order valence-electron chi connectivity index (χ2n) is 16.9. The van der Waals surface area contributed by atoms with Crippen molar-refractivity contribution in [3.63, 3.8) is 0 Å². The Morgan fingerprint density at radius 3 is 1.63 bits per heavy atom. The number of nitrogens with one attached hydrogen (secondary N) is 4. The summed E-state index contributed by atoms with van der Waals surface area (Å²) in [5.74, 6) is 1.65. The topological polar surface area (TPSA) is 175 Å². The Morgan fingerprint density at radius 1 is 0.661 bits per heavy atom. The van der Waals surface area contributed by atoms with Crippen LogP contribution in [-0.4, -0.2) is 93.1 Å². The molecule has 14 heteroatoms. The Hall–Kier alpha value is -5.92. The monoisotopic (exact) mass is 802 g/mol. The third-order valence-electron chi connectivity index (χ3n) is 12.6. The number of nitrogens with zero attached hydrogens (tertiary/aromatic N) is 4. The molecule has 3 unspecified atom stereocenters. The molecule has 0 radical (unpaired) electrons. The fourth-order valence-corrected chi connectivity index (χ4v) is 9.56. The molecule has 2 aromatic carbocycles. The van der Waals surface area contributed by atoms with Crippen molar-refractivity contribution in [2.45, 2.75) is 95.8 Å². The molecule has 59 heavy (non-hydrogen) atoms. The van der Waals surface area contributed by atoms with Crippen molar-refractivity contribution in [3.8, 4) is 33.6 Å². The Kier molecular flexibility index (Phi) is 11.1. The number of benzene rings is 2. The molecule has 2 fully saturated rings. The van der Waals surface area contributed by atoms with Crippen molar-refractivity contribution < 1.29 is 28.7 Å². The van der Waals surface area contributed by atoms with Crippen LogP contribution >= 0.6 is 0 Å². The van der Waals surface area contributed by atoms with Crippen molar-refractivity contribution in [1.29, 1.82) is 0 Å². The molecule has 4 aliphatic rings. The zero-order valence-electron chi connectivity index (χ0n) is 34.6. The molecule has 8 rings (SSSR count). The van der Waals surface area contributed by atoms with Gasteiger partial charge in [0, 0.05) is 30.5 Å². The fourth-order valence-electron chi connectivity index (χ4n) is 9.56.